The largest absolute Gasteiger partial charge is 0.495 e. The average molecular weight is 563 g/mol. The van der Waals surface area contributed by atoms with Gasteiger partial charge in [0.15, 0.2) is 11.5 Å². The Morgan fingerprint density at radius 2 is 1.92 bits per heavy atom. The zero-order valence-corrected chi connectivity index (χ0v) is 23.1. The van der Waals surface area contributed by atoms with Crippen LogP contribution in [0.3, 0.4) is 0 Å². The lowest BCUT2D eigenvalue weighted by Gasteiger charge is -2.35. The first-order valence-corrected chi connectivity index (χ1v) is 12.9. The lowest BCUT2D eigenvalue weighted by molar-refractivity contribution is -0.134. The second-order valence-electron chi connectivity index (χ2n) is 9.55. The normalized spacial score (nSPS) is 16.1. The highest BCUT2D eigenvalue weighted by Gasteiger charge is 2.35. The number of urea groups is 1. The van der Waals surface area contributed by atoms with Crippen LogP contribution in [0.25, 0.3) is 0 Å². The molecule has 0 spiro atoms. The Hall–Kier alpha value is -3.13. The summed E-state index contributed by atoms with van der Waals surface area (Å²) in [5, 5.41) is 18.2. The molecule has 2 aromatic rings. The highest BCUT2D eigenvalue weighted by molar-refractivity contribution is 6.31. The predicted molar refractivity (Wildman–Crippen MR) is 148 cm³/mol. The van der Waals surface area contributed by atoms with Gasteiger partial charge in [0.05, 0.1) is 25.2 Å². The minimum atomic E-state index is -0.540. The summed E-state index contributed by atoms with van der Waals surface area (Å²) in [5.41, 5.74) is 1.49. The number of likely N-dealkylation sites (tertiary alicyclic amines) is 1. The van der Waals surface area contributed by atoms with Crippen molar-refractivity contribution >= 4 is 47.5 Å². The van der Waals surface area contributed by atoms with Gasteiger partial charge in [-0.05, 0) is 69.2 Å². The van der Waals surface area contributed by atoms with Crippen molar-refractivity contribution in [3.8, 4) is 11.8 Å². The summed E-state index contributed by atoms with van der Waals surface area (Å²) in [6, 6.07) is 5.16. The van der Waals surface area contributed by atoms with Crippen LogP contribution in [0.2, 0.25) is 5.02 Å². The number of hydrogen-bond donors (Lipinski definition) is 3. The Kier molecular flexibility index (Phi) is 10.5. The Balaban J connectivity index is 0.00000400. The van der Waals surface area contributed by atoms with Gasteiger partial charge in [0.2, 0.25) is 5.91 Å². The molecule has 3 N–H and O–H groups in total. The number of rotatable bonds is 9. The SMILES string of the molecule is COc1cc(CCNC(C)C2CCN(C(=O)C3CC3)CC2)c(Cl)cc1NC(=O)Nc1cnc(C#N)cn1.Cl. The van der Waals surface area contributed by atoms with E-state index < -0.39 is 6.03 Å². The minimum absolute atomic E-state index is 0. The molecule has 0 radical (unpaired) electrons. The third-order valence-corrected chi connectivity index (χ3v) is 7.32. The number of halogens is 2. The first-order chi connectivity index (χ1) is 17.9. The molecule has 12 heteroatoms. The van der Waals surface area contributed by atoms with Crippen LogP contribution in [0.1, 0.15) is 43.9 Å². The number of piperidine rings is 1. The standard InChI is InChI=1S/C26H32ClN7O3.ClH/c1-16(17-6-9-34(10-7-17)25(35)18-3-4-18)29-8-5-19-11-23(37-2)22(12-21(19)27)32-26(36)33-24-15-30-20(13-28)14-31-24;/h11-12,14-18,29H,3-10H2,1-2H3,(H2,31,32,33,36);1H. The molecule has 38 heavy (non-hydrogen) atoms. The molecule has 1 aromatic carbocycles. The maximum absolute atomic E-state index is 12.4. The molecular formula is C26H33Cl2N7O3. The fourth-order valence-electron chi connectivity index (χ4n) is 4.58. The smallest absolute Gasteiger partial charge is 0.325 e. The van der Waals surface area contributed by atoms with Gasteiger partial charge in [-0.1, -0.05) is 11.6 Å². The van der Waals surface area contributed by atoms with Crippen LogP contribution in [0.15, 0.2) is 24.5 Å². The molecule has 2 fully saturated rings. The Morgan fingerprint density at radius 1 is 1.18 bits per heavy atom. The van der Waals surface area contributed by atoms with Crippen LogP contribution < -0.4 is 20.7 Å². The average Bonchev–Trinajstić information content (AvgIpc) is 3.75. The number of ether oxygens (including phenoxy) is 1. The third-order valence-electron chi connectivity index (χ3n) is 6.97. The summed E-state index contributed by atoms with van der Waals surface area (Å²) in [6.45, 7) is 4.66. The molecule has 3 amide bonds. The van der Waals surface area contributed by atoms with Gasteiger partial charge >= 0.3 is 6.03 Å². The van der Waals surface area contributed by atoms with Crippen molar-refractivity contribution in [1.29, 1.82) is 5.26 Å². The Labute approximate surface area is 233 Å². The number of benzene rings is 1. The van der Waals surface area contributed by atoms with Gasteiger partial charge in [-0.25, -0.2) is 14.8 Å². The lowest BCUT2D eigenvalue weighted by atomic mass is 9.90. The monoisotopic (exact) mass is 561 g/mol. The van der Waals surface area contributed by atoms with Crippen molar-refractivity contribution in [2.75, 3.05) is 37.4 Å². The van der Waals surface area contributed by atoms with Crippen molar-refractivity contribution in [1.82, 2.24) is 20.2 Å². The number of nitriles is 1. The quantitative estimate of drug-likeness (QED) is 0.416. The summed E-state index contributed by atoms with van der Waals surface area (Å²) in [6.07, 6.45) is 7.44. The van der Waals surface area contributed by atoms with Crippen LogP contribution in [0.5, 0.6) is 5.75 Å². The number of methoxy groups -OCH3 is 1. The number of hydrogen-bond acceptors (Lipinski definition) is 7. The summed E-state index contributed by atoms with van der Waals surface area (Å²) < 4.78 is 5.48. The molecule has 1 aliphatic heterocycles. The van der Waals surface area contributed by atoms with E-state index in [0.717, 1.165) is 50.9 Å². The van der Waals surface area contributed by atoms with Crippen molar-refractivity contribution in [2.45, 2.75) is 45.1 Å². The molecule has 1 atom stereocenters. The molecule has 1 saturated carbocycles. The summed E-state index contributed by atoms with van der Waals surface area (Å²) in [7, 11) is 1.53. The number of amides is 3. The second-order valence-corrected chi connectivity index (χ2v) is 9.96. The van der Waals surface area contributed by atoms with Crippen LogP contribution in [-0.2, 0) is 11.2 Å². The zero-order chi connectivity index (χ0) is 26.4. The molecule has 2 heterocycles. The fraction of sp³-hybridized carbons (Fsp3) is 0.500. The molecule has 1 aliphatic carbocycles. The molecule has 0 bridgehead atoms. The van der Waals surface area contributed by atoms with E-state index in [9.17, 15) is 9.59 Å². The molecule has 1 saturated heterocycles. The molecule has 4 rings (SSSR count). The first-order valence-electron chi connectivity index (χ1n) is 12.6. The Morgan fingerprint density at radius 3 is 2.53 bits per heavy atom. The number of nitrogens with one attached hydrogen (secondary N) is 3. The van der Waals surface area contributed by atoms with Gasteiger partial charge in [-0.2, -0.15) is 5.26 Å². The summed E-state index contributed by atoms with van der Waals surface area (Å²) in [4.78, 5) is 34.6. The number of carbonyl (C=O) groups is 2. The van der Waals surface area contributed by atoms with Gasteiger partial charge in [-0.3, -0.25) is 10.1 Å². The van der Waals surface area contributed by atoms with Crippen molar-refractivity contribution in [2.24, 2.45) is 11.8 Å². The van der Waals surface area contributed by atoms with E-state index in [1.807, 2.05) is 17.0 Å². The van der Waals surface area contributed by atoms with Crippen molar-refractivity contribution in [3.05, 3.63) is 40.8 Å². The van der Waals surface area contributed by atoms with E-state index in [4.69, 9.17) is 21.6 Å². The van der Waals surface area contributed by atoms with Crippen LogP contribution in [-0.4, -0.2) is 59.6 Å². The van der Waals surface area contributed by atoms with Gasteiger partial charge in [0, 0.05) is 30.1 Å². The number of carbonyl (C=O) groups excluding carboxylic acids is 2. The molecule has 1 aromatic heterocycles. The van der Waals surface area contributed by atoms with Crippen molar-refractivity contribution < 1.29 is 14.3 Å². The maximum atomic E-state index is 12.4. The van der Waals surface area contributed by atoms with E-state index in [0.29, 0.717) is 46.7 Å². The van der Waals surface area contributed by atoms with Gasteiger partial charge in [0.25, 0.3) is 0 Å². The van der Waals surface area contributed by atoms with Crippen LogP contribution in [0.4, 0.5) is 16.3 Å². The van der Waals surface area contributed by atoms with Crippen molar-refractivity contribution in [3.63, 3.8) is 0 Å². The summed E-state index contributed by atoms with van der Waals surface area (Å²) in [5.74, 6) is 1.88. The zero-order valence-electron chi connectivity index (χ0n) is 21.5. The predicted octanol–water partition coefficient (Wildman–Crippen LogP) is 4.25. The molecular weight excluding hydrogens is 529 g/mol. The van der Waals surface area contributed by atoms with E-state index in [1.165, 1.54) is 19.5 Å². The summed E-state index contributed by atoms with van der Waals surface area (Å²) >= 11 is 6.53. The fourth-order valence-corrected chi connectivity index (χ4v) is 4.84. The third kappa shape index (κ3) is 7.69. The maximum Gasteiger partial charge on any atom is 0.325 e. The van der Waals surface area contributed by atoms with E-state index in [2.05, 4.69) is 32.8 Å². The highest BCUT2D eigenvalue weighted by Crippen LogP contribution is 2.33. The van der Waals surface area contributed by atoms with E-state index in [1.54, 1.807) is 6.07 Å². The molecule has 1 unspecified atom stereocenters. The molecule has 2 aliphatic rings. The molecule has 10 nitrogen and oxygen atoms in total. The lowest BCUT2D eigenvalue weighted by Crippen LogP contribution is -2.44. The van der Waals surface area contributed by atoms with Gasteiger partial charge in [0.1, 0.15) is 11.8 Å². The number of anilines is 2. The molecule has 204 valence electrons. The van der Waals surface area contributed by atoms with Gasteiger partial charge in [-0.15, -0.1) is 12.4 Å². The first kappa shape index (κ1) is 29.4. The highest BCUT2D eigenvalue weighted by atomic mass is 35.5. The second kappa shape index (κ2) is 13.6. The Bertz CT molecular complexity index is 1160. The van der Waals surface area contributed by atoms with Crippen LogP contribution >= 0.6 is 24.0 Å². The number of aromatic nitrogens is 2. The van der Waals surface area contributed by atoms with E-state index in [-0.39, 0.29) is 23.9 Å². The topological polar surface area (TPSA) is 132 Å². The number of nitrogens with zero attached hydrogens (tertiary/aromatic N) is 4. The van der Waals surface area contributed by atoms with Gasteiger partial charge < -0.3 is 20.3 Å². The van der Waals surface area contributed by atoms with Crippen LogP contribution in [0, 0.1) is 23.2 Å². The van der Waals surface area contributed by atoms with E-state index >= 15 is 0 Å². The minimum Gasteiger partial charge on any atom is -0.495 e.